The second-order valence-electron chi connectivity index (χ2n) is 11.9. The van der Waals surface area contributed by atoms with Crippen molar-refractivity contribution in [3.8, 4) is 5.75 Å². The number of rotatable bonds is 8. The number of hydrogen-bond donors (Lipinski definition) is 1. The molecule has 1 heterocycles. The summed E-state index contributed by atoms with van der Waals surface area (Å²) >= 11 is 0. The van der Waals surface area contributed by atoms with Crippen molar-refractivity contribution in [2.75, 3.05) is 39.3 Å². The van der Waals surface area contributed by atoms with E-state index < -0.39 is 0 Å². The number of fused-ring (bicyclic) bond motifs is 2. The molecule has 5 aliphatic rings. The molecule has 5 fully saturated rings. The number of amides is 2. The van der Waals surface area contributed by atoms with Gasteiger partial charge in [-0.15, -0.1) is 0 Å². The summed E-state index contributed by atoms with van der Waals surface area (Å²) in [5, 5.41) is 2.99. The number of carbonyl (C=O) groups is 2. The van der Waals surface area contributed by atoms with Gasteiger partial charge in [-0.2, -0.15) is 0 Å². The van der Waals surface area contributed by atoms with Crippen LogP contribution in [0, 0.1) is 28.6 Å². The van der Waals surface area contributed by atoms with Gasteiger partial charge in [-0.1, -0.05) is 18.2 Å². The minimum atomic E-state index is 0.0501. The molecule has 4 saturated carbocycles. The van der Waals surface area contributed by atoms with Crippen LogP contribution in [0.5, 0.6) is 5.75 Å². The third kappa shape index (κ3) is 3.82. The lowest BCUT2D eigenvalue weighted by Crippen LogP contribution is -2.51. The van der Waals surface area contributed by atoms with Crippen molar-refractivity contribution in [3.05, 3.63) is 29.8 Å². The summed E-state index contributed by atoms with van der Waals surface area (Å²) in [6, 6.07) is 8.19. The number of para-hydroxylation sites is 1. The summed E-state index contributed by atoms with van der Waals surface area (Å²) in [6.45, 7) is 6.75. The quantitative estimate of drug-likeness (QED) is 0.639. The van der Waals surface area contributed by atoms with Crippen molar-refractivity contribution in [2.45, 2.75) is 58.4 Å². The maximum Gasteiger partial charge on any atom is 0.242 e. The molecule has 184 valence electrons. The molecule has 2 amide bonds. The van der Waals surface area contributed by atoms with Crippen LogP contribution in [-0.2, 0) is 16.1 Å². The number of carbonyl (C=O) groups excluding carboxylic acids is 2. The van der Waals surface area contributed by atoms with Crippen LogP contribution in [0.4, 0.5) is 0 Å². The van der Waals surface area contributed by atoms with E-state index in [1.807, 2.05) is 30.0 Å². The van der Waals surface area contributed by atoms with Crippen LogP contribution >= 0.6 is 0 Å². The zero-order valence-corrected chi connectivity index (χ0v) is 20.6. The molecule has 0 radical (unpaired) electrons. The molecule has 6 rings (SSSR count). The lowest BCUT2D eigenvalue weighted by atomic mass is 9.55. The Labute approximate surface area is 203 Å². The monoisotopic (exact) mass is 465 g/mol. The molecule has 0 aromatic heterocycles. The van der Waals surface area contributed by atoms with E-state index in [2.05, 4.69) is 16.3 Å². The Morgan fingerprint density at radius 3 is 2.71 bits per heavy atom. The van der Waals surface area contributed by atoms with Gasteiger partial charge in [0.15, 0.2) is 0 Å². The Bertz CT molecular complexity index is 954. The smallest absolute Gasteiger partial charge is 0.242 e. The highest BCUT2D eigenvalue weighted by Gasteiger charge is 2.70. The highest BCUT2D eigenvalue weighted by molar-refractivity contribution is 5.85. The summed E-state index contributed by atoms with van der Waals surface area (Å²) in [6.07, 6.45) is 8.69. The first-order valence-electron chi connectivity index (χ1n) is 13.5. The molecule has 4 aliphatic carbocycles. The Balaban J connectivity index is 0.956. The summed E-state index contributed by atoms with van der Waals surface area (Å²) in [5.74, 6) is 3.79. The number of ether oxygens (including phenoxy) is 1. The number of piperazine rings is 1. The zero-order chi connectivity index (χ0) is 23.3. The summed E-state index contributed by atoms with van der Waals surface area (Å²) < 4.78 is 5.76. The van der Waals surface area contributed by atoms with Crippen LogP contribution < -0.4 is 10.1 Å². The number of nitrogens with zero attached hydrogens (tertiary/aromatic N) is 2. The first kappa shape index (κ1) is 22.4. The van der Waals surface area contributed by atoms with Gasteiger partial charge in [-0.25, -0.2) is 0 Å². The topological polar surface area (TPSA) is 61.9 Å². The lowest BCUT2D eigenvalue weighted by molar-refractivity contribution is -0.135. The highest BCUT2D eigenvalue weighted by Crippen LogP contribution is 2.79. The van der Waals surface area contributed by atoms with Crippen molar-refractivity contribution >= 4 is 11.8 Å². The van der Waals surface area contributed by atoms with E-state index in [1.165, 1.54) is 44.1 Å². The van der Waals surface area contributed by atoms with Crippen LogP contribution in [0.25, 0.3) is 0 Å². The molecule has 1 aliphatic heterocycles. The predicted octanol–water partition coefficient (Wildman–Crippen LogP) is 3.45. The zero-order valence-electron chi connectivity index (χ0n) is 20.6. The molecule has 6 nitrogen and oxygen atoms in total. The average Bonchev–Trinajstić information content (AvgIpc) is 3.14. The van der Waals surface area contributed by atoms with Gasteiger partial charge in [0.05, 0.1) is 13.2 Å². The summed E-state index contributed by atoms with van der Waals surface area (Å²) in [7, 11) is 0. The van der Waals surface area contributed by atoms with E-state index in [4.69, 9.17) is 4.74 Å². The molecule has 5 unspecified atom stereocenters. The molecule has 1 N–H and O–H groups in total. The Kier molecular flexibility index (Phi) is 5.63. The number of benzene rings is 1. The van der Waals surface area contributed by atoms with Crippen LogP contribution in [0.1, 0.15) is 57.4 Å². The van der Waals surface area contributed by atoms with E-state index in [0.717, 1.165) is 43.1 Å². The first-order valence-corrected chi connectivity index (χ1v) is 13.5. The molecule has 1 saturated heterocycles. The fourth-order valence-corrected chi connectivity index (χ4v) is 8.76. The van der Waals surface area contributed by atoms with Gasteiger partial charge in [0, 0.05) is 44.7 Å². The second-order valence-corrected chi connectivity index (χ2v) is 11.9. The minimum absolute atomic E-state index is 0.0501. The van der Waals surface area contributed by atoms with Gasteiger partial charge in [-0.05, 0) is 80.1 Å². The number of hydrogen-bond acceptors (Lipinski definition) is 4. The molecule has 3 bridgehead atoms. The van der Waals surface area contributed by atoms with E-state index >= 15 is 0 Å². The van der Waals surface area contributed by atoms with Crippen molar-refractivity contribution in [2.24, 2.45) is 28.6 Å². The lowest BCUT2D eigenvalue weighted by Gasteiger charge is -2.49. The Morgan fingerprint density at radius 2 is 1.88 bits per heavy atom. The molecule has 1 spiro atoms. The standard InChI is InChI=1S/C28H39N3O3/c1-2-34-24-6-4-3-5-21(24)18-30-7-9-31(10-8-30)26(33)17-29-25(32)16-27-13-20-11-22-12-23(15-27)28(22,14-20)19-27/h3-6,20,22-23H,2,7-19H2,1H3,(H,29,32). The maximum atomic E-state index is 12.9. The molecular formula is C28H39N3O3. The van der Waals surface area contributed by atoms with Crippen LogP contribution in [0.3, 0.4) is 0 Å². The SMILES string of the molecule is CCOc1ccccc1CN1CCN(C(=O)CNC(=O)CC23CC4CC5CC(C2)C5(C4)C3)CC1. The van der Waals surface area contributed by atoms with Crippen molar-refractivity contribution in [1.82, 2.24) is 15.1 Å². The van der Waals surface area contributed by atoms with Crippen molar-refractivity contribution in [3.63, 3.8) is 0 Å². The summed E-state index contributed by atoms with van der Waals surface area (Å²) in [4.78, 5) is 30.0. The first-order chi connectivity index (χ1) is 16.5. The van der Waals surface area contributed by atoms with Gasteiger partial charge in [0.25, 0.3) is 0 Å². The molecular weight excluding hydrogens is 426 g/mol. The third-order valence-electron chi connectivity index (χ3n) is 9.95. The van der Waals surface area contributed by atoms with E-state index in [9.17, 15) is 9.59 Å². The molecule has 34 heavy (non-hydrogen) atoms. The van der Waals surface area contributed by atoms with Crippen LogP contribution in [-0.4, -0.2) is 60.9 Å². The Hall–Kier alpha value is -2.08. The van der Waals surface area contributed by atoms with E-state index in [0.29, 0.717) is 31.5 Å². The fourth-order valence-electron chi connectivity index (χ4n) is 8.76. The van der Waals surface area contributed by atoms with Crippen LogP contribution in [0.15, 0.2) is 24.3 Å². The van der Waals surface area contributed by atoms with Gasteiger partial charge in [-0.3, -0.25) is 14.5 Å². The van der Waals surface area contributed by atoms with E-state index in [-0.39, 0.29) is 23.8 Å². The predicted molar refractivity (Wildman–Crippen MR) is 130 cm³/mol. The fraction of sp³-hybridized carbons (Fsp3) is 0.714. The third-order valence-corrected chi connectivity index (χ3v) is 9.95. The van der Waals surface area contributed by atoms with Gasteiger partial charge in [0.2, 0.25) is 11.8 Å². The van der Waals surface area contributed by atoms with E-state index in [1.54, 1.807) is 0 Å². The minimum Gasteiger partial charge on any atom is -0.494 e. The summed E-state index contributed by atoms with van der Waals surface area (Å²) in [5.41, 5.74) is 2.04. The molecule has 6 heteroatoms. The number of nitrogens with one attached hydrogen (secondary N) is 1. The van der Waals surface area contributed by atoms with Gasteiger partial charge in [0.1, 0.15) is 5.75 Å². The highest BCUT2D eigenvalue weighted by atomic mass is 16.5. The average molecular weight is 466 g/mol. The molecule has 1 aromatic rings. The van der Waals surface area contributed by atoms with Crippen molar-refractivity contribution < 1.29 is 14.3 Å². The van der Waals surface area contributed by atoms with Crippen LogP contribution in [0.2, 0.25) is 0 Å². The Morgan fingerprint density at radius 1 is 1.06 bits per heavy atom. The van der Waals surface area contributed by atoms with Gasteiger partial charge < -0.3 is 15.0 Å². The molecule has 1 aromatic carbocycles. The largest absolute Gasteiger partial charge is 0.494 e. The van der Waals surface area contributed by atoms with Crippen molar-refractivity contribution in [1.29, 1.82) is 0 Å². The maximum absolute atomic E-state index is 12.9. The molecule has 5 atom stereocenters. The normalized spacial score (nSPS) is 35.7. The van der Waals surface area contributed by atoms with Gasteiger partial charge >= 0.3 is 0 Å². The second kappa shape index (κ2) is 8.54.